The summed E-state index contributed by atoms with van der Waals surface area (Å²) in [5.74, 6) is 0.194. The summed E-state index contributed by atoms with van der Waals surface area (Å²) in [5, 5.41) is 2.53. The predicted molar refractivity (Wildman–Crippen MR) is 51.8 cm³/mol. The molecule has 0 aromatic carbocycles. The molecule has 0 aromatic heterocycles. The fraction of sp³-hybridized carbons (Fsp3) is 0.875. The highest BCUT2D eigenvalue weighted by molar-refractivity contribution is 7.91. The quantitative estimate of drug-likeness (QED) is 0.744. The molecule has 5 nitrogen and oxygen atoms in total. The molecule has 1 heterocycles. The molecule has 1 aliphatic rings. The average molecular weight is 221 g/mol. The minimum Gasteiger partial charge on any atom is -0.450 e. The van der Waals surface area contributed by atoms with Gasteiger partial charge in [-0.2, -0.15) is 0 Å². The molecule has 1 N–H and O–H groups in total. The number of ether oxygens (including phenoxy) is 1. The summed E-state index contributed by atoms with van der Waals surface area (Å²) >= 11 is 0. The molecule has 1 aliphatic heterocycles. The Morgan fingerprint density at radius 3 is 2.79 bits per heavy atom. The van der Waals surface area contributed by atoms with E-state index in [0.29, 0.717) is 13.0 Å². The molecule has 0 spiro atoms. The third-order valence-corrected chi connectivity index (χ3v) is 3.76. The van der Waals surface area contributed by atoms with E-state index in [9.17, 15) is 13.2 Å². The molecular formula is C8H15NO4S. The first-order chi connectivity index (χ1) is 6.53. The standard InChI is InChI=1S/C8H15NO4S/c1-2-4-13-8(10)9-7-3-5-14(11,12)6-7/h7H,2-6H2,1H3,(H,9,10)/t7-/m1/s1. The average Bonchev–Trinajstić information content (AvgIpc) is 2.42. The largest absolute Gasteiger partial charge is 0.450 e. The van der Waals surface area contributed by atoms with Gasteiger partial charge in [0, 0.05) is 6.04 Å². The molecule has 1 saturated heterocycles. The van der Waals surface area contributed by atoms with E-state index in [1.54, 1.807) is 0 Å². The normalized spacial score (nSPS) is 24.5. The van der Waals surface area contributed by atoms with E-state index in [1.807, 2.05) is 6.92 Å². The van der Waals surface area contributed by atoms with Gasteiger partial charge in [-0.25, -0.2) is 13.2 Å². The molecule has 1 rings (SSSR count). The van der Waals surface area contributed by atoms with Gasteiger partial charge in [0.2, 0.25) is 0 Å². The van der Waals surface area contributed by atoms with E-state index in [0.717, 1.165) is 6.42 Å². The fourth-order valence-corrected chi connectivity index (χ4v) is 2.99. The highest BCUT2D eigenvalue weighted by atomic mass is 32.2. The number of nitrogens with one attached hydrogen (secondary N) is 1. The zero-order valence-electron chi connectivity index (χ0n) is 8.15. The van der Waals surface area contributed by atoms with Gasteiger partial charge >= 0.3 is 6.09 Å². The molecule has 0 aliphatic carbocycles. The molecule has 0 bridgehead atoms. The van der Waals surface area contributed by atoms with Gasteiger partial charge in [-0.05, 0) is 12.8 Å². The van der Waals surface area contributed by atoms with Crippen LogP contribution in [-0.2, 0) is 14.6 Å². The van der Waals surface area contributed by atoms with Gasteiger partial charge in [0.25, 0.3) is 0 Å². The molecule has 6 heteroatoms. The van der Waals surface area contributed by atoms with E-state index in [-0.39, 0.29) is 17.5 Å². The van der Waals surface area contributed by atoms with Crippen LogP contribution >= 0.6 is 0 Å². The lowest BCUT2D eigenvalue weighted by Crippen LogP contribution is -2.36. The maximum atomic E-state index is 11.0. The second-order valence-electron chi connectivity index (χ2n) is 3.38. The molecule has 82 valence electrons. The fourth-order valence-electron chi connectivity index (χ4n) is 1.31. The summed E-state index contributed by atoms with van der Waals surface area (Å²) in [5.41, 5.74) is 0. The minimum absolute atomic E-state index is 0.0359. The summed E-state index contributed by atoms with van der Waals surface area (Å²) in [6, 6.07) is -0.274. The Kier molecular flexibility index (Phi) is 3.74. The first kappa shape index (κ1) is 11.3. The molecule has 1 fully saturated rings. The highest BCUT2D eigenvalue weighted by Crippen LogP contribution is 2.11. The SMILES string of the molecule is CCCOC(=O)N[C@@H]1CCS(=O)(=O)C1. The first-order valence-corrected chi connectivity index (χ1v) is 6.49. The van der Waals surface area contributed by atoms with Crippen LogP contribution in [0, 0.1) is 0 Å². The van der Waals surface area contributed by atoms with Crippen molar-refractivity contribution in [2.24, 2.45) is 0 Å². The number of amides is 1. The number of alkyl carbamates (subject to hydrolysis) is 1. The van der Waals surface area contributed by atoms with Gasteiger partial charge in [-0.3, -0.25) is 0 Å². The third kappa shape index (κ3) is 3.53. The lowest BCUT2D eigenvalue weighted by atomic mass is 10.3. The zero-order chi connectivity index (χ0) is 10.6. The van der Waals surface area contributed by atoms with Crippen LogP contribution in [0.5, 0.6) is 0 Å². The monoisotopic (exact) mass is 221 g/mol. The number of carbonyl (C=O) groups excluding carboxylic acids is 1. The van der Waals surface area contributed by atoms with Gasteiger partial charge in [0.15, 0.2) is 9.84 Å². The third-order valence-electron chi connectivity index (χ3n) is 1.99. The Hall–Kier alpha value is -0.780. The summed E-state index contributed by atoms with van der Waals surface area (Å²) in [6.45, 7) is 2.26. The van der Waals surface area contributed by atoms with E-state index >= 15 is 0 Å². The topological polar surface area (TPSA) is 72.5 Å². The van der Waals surface area contributed by atoms with Crippen molar-refractivity contribution in [1.29, 1.82) is 0 Å². The van der Waals surface area contributed by atoms with E-state index in [2.05, 4.69) is 5.32 Å². The first-order valence-electron chi connectivity index (χ1n) is 4.67. The van der Waals surface area contributed by atoms with Crippen LogP contribution in [0.2, 0.25) is 0 Å². The zero-order valence-corrected chi connectivity index (χ0v) is 8.97. The molecule has 1 amide bonds. The van der Waals surface area contributed by atoms with Gasteiger partial charge in [-0.15, -0.1) is 0 Å². The Morgan fingerprint density at radius 1 is 1.57 bits per heavy atom. The van der Waals surface area contributed by atoms with Crippen LogP contribution in [0.15, 0.2) is 0 Å². The van der Waals surface area contributed by atoms with Crippen molar-refractivity contribution < 1.29 is 17.9 Å². The smallest absolute Gasteiger partial charge is 0.407 e. The Labute approximate surface area is 83.7 Å². The molecule has 0 aromatic rings. The predicted octanol–water partition coefficient (Wildman–Crippen LogP) is 0.310. The molecule has 1 atom stereocenters. The molecule has 0 unspecified atom stereocenters. The van der Waals surface area contributed by atoms with E-state index in [4.69, 9.17) is 4.74 Å². The van der Waals surface area contributed by atoms with Crippen molar-refractivity contribution in [1.82, 2.24) is 5.32 Å². The molecule has 0 radical (unpaired) electrons. The molecular weight excluding hydrogens is 206 g/mol. The van der Waals surface area contributed by atoms with Crippen molar-refractivity contribution in [3.05, 3.63) is 0 Å². The molecule has 0 saturated carbocycles. The van der Waals surface area contributed by atoms with Gasteiger partial charge in [-0.1, -0.05) is 6.92 Å². The summed E-state index contributed by atoms with van der Waals surface area (Å²) in [7, 11) is -2.93. The van der Waals surface area contributed by atoms with Crippen LogP contribution in [0.1, 0.15) is 19.8 Å². The van der Waals surface area contributed by atoms with Crippen molar-refractivity contribution >= 4 is 15.9 Å². The summed E-state index contributed by atoms with van der Waals surface area (Å²) < 4.78 is 26.9. The second-order valence-corrected chi connectivity index (χ2v) is 5.61. The van der Waals surface area contributed by atoms with Crippen molar-refractivity contribution in [3.63, 3.8) is 0 Å². The van der Waals surface area contributed by atoms with Gasteiger partial charge in [0.1, 0.15) is 0 Å². The molecule has 14 heavy (non-hydrogen) atoms. The van der Waals surface area contributed by atoms with Crippen LogP contribution in [0.25, 0.3) is 0 Å². The lowest BCUT2D eigenvalue weighted by Gasteiger charge is -2.10. The maximum absolute atomic E-state index is 11.0. The van der Waals surface area contributed by atoms with Crippen molar-refractivity contribution in [2.45, 2.75) is 25.8 Å². The van der Waals surface area contributed by atoms with Crippen LogP contribution in [0.3, 0.4) is 0 Å². The number of rotatable bonds is 3. The van der Waals surface area contributed by atoms with Crippen molar-refractivity contribution in [2.75, 3.05) is 18.1 Å². The summed E-state index contributed by atoms with van der Waals surface area (Å²) in [6.07, 6.45) is 0.730. The van der Waals surface area contributed by atoms with E-state index in [1.165, 1.54) is 0 Å². The Bertz CT molecular complexity index is 298. The number of sulfone groups is 1. The maximum Gasteiger partial charge on any atom is 0.407 e. The summed E-state index contributed by atoms with van der Waals surface area (Å²) in [4.78, 5) is 11.0. The van der Waals surface area contributed by atoms with Crippen LogP contribution in [-0.4, -0.2) is 38.7 Å². The highest BCUT2D eigenvalue weighted by Gasteiger charge is 2.29. The van der Waals surface area contributed by atoms with E-state index < -0.39 is 15.9 Å². The van der Waals surface area contributed by atoms with Gasteiger partial charge < -0.3 is 10.1 Å². The number of hydrogen-bond acceptors (Lipinski definition) is 4. The van der Waals surface area contributed by atoms with Crippen LogP contribution in [0.4, 0.5) is 4.79 Å². The van der Waals surface area contributed by atoms with Gasteiger partial charge in [0.05, 0.1) is 18.1 Å². The Morgan fingerprint density at radius 2 is 2.29 bits per heavy atom. The number of carbonyl (C=O) groups is 1. The van der Waals surface area contributed by atoms with Crippen LogP contribution < -0.4 is 5.32 Å². The lowest BCUT2D eigenvalue weighted by molar-refractivity contribution is 0.143. The second kappa shape index (κ2) is 4.63. The Balaban J connectivity index is 2.29. The minimum atomic E-state index is -2.93. The van der Waals surface area contributed by atoms with Crippen molar-refractivity contribution in [3.8, 4) is 0 Å². The number of hydrogen-bond donors (Lipinski definition) is 1.